The molecule has 1 amide bonds. The van der Waals surface area contributed by atoms with E-state index in [9.17, 15) is 4.79 Å². The van der Waals surface area contributed by atoms with Crippen molar-refractivity contribution < 1.29 is 9.21 Å². The van der Waals surface area contributed by atoms with Gasteiger partial charge in [0.2, 0.25) is 5.91 Å². The smallest absolute Gasteiger partial charge is 0.231 e. The number of nitrogens with two attached hydrogens (primary N) is 1. The van der Waals surface area contributed by atoms with Crippen molar-refractivity contribution in [2.45, 2.75) is 18.9 Å². The molecule has 19 heavy (non-hydrogen) atoms. The molecule has 0 saturated heterocycles. The molecule has 5 heteroatoms. The fourth-order valence-electron chi connectivity index (χ4n) is 1.87. The molecule has 1 unspecified atom stereocenters. The molecular formula is C14H17N3O2. The Kier molecular flexibility index (Phi) is 4.69. The molecule has 0 aliphatic carbocycles. The van der Waals surface area contributed by atoms with Gasteiger partial charge in [0, 0.05) is 18.9 Å². The second-order valence-corrected chi connectivity index (χ2v) is 4.22. The van der Waals surface area contributed by atoms with Crippen molar-refractivity contribution in [2.24, 2.45) is 5.73 Å². The van der Waals surface area contributed by atoms with Crippen LogP contribution in [0.3, 0.4) is 0 Å². The lowest BCUT2D eigenvalue weighted by Crippen LogP contribution is -2.30. The van der Waals surface area contributed by atoms with E-state index in [4.69, 9.17) is 10.2 Å². The minimum absolute atomic E-state index is 0.0794. The first-order chi connectivity index (χ1) is 9.31. The van der Waals surface area contributed by atoms with Crippen molar-refractivity contribution in [3.8, 4) is 0 Å². The van der Waals surface area contributed by atoms with E-state index >= 15 is 0 Å². The fourth-order valence-corrected chi connectivity index (χ4v) is 1.87. The van der Waals surface area contributed by atoms with Gasteiger partial charge >= 0.3 is 0 Å². The lowest BCUT2D eigenvalue weighted by molar-refractivity contribution is -0.123. The summed E-state index contributed by atoms with van der Waals surface area (Å²) in [5, 5.41) is 2.88. The summed E-state index contributed by atoms with van der Waals surface area (Å²) in [6.07, 6.45) is 5.55. The van der Waals surface area contributed by atoms with E-state index < -0.39 is 0 Å². The van der Waals surface area contributed by atoms with Crippen molar-refractivity contribution in [1.82, 2.24) is 10.3 Å². The summed E-state index contributed by atoms with van der Waals surface area (Å²) in [4.78, 5) is 16.2. The van der Waals surface area contributed by atoms with E-state index in [1.807, 2.05) is 12.1 Å². The van der Waals surface area contributed by atoms with E-state index in [1.165, 1.54) is 0 Å². The third-order valence-corrected chi connectivity index (χ3v) is 2.85. The third kappa shape index (κ3) is 3.66. The number of nitrogens with one attached hydrogen (secondary N) is 1. The van der Waals surface area contributed by atoms with Crippen molar-refractivity contribution in [3.05, 3.63) is 54.2 Å². The minimum atomic E-state index is -0.336. The maximum Gasteiger partial charge on any atom is 0.231 e. The number of carbonyl (C=O) groups is 1. The van der Waals surface area contributed by atoms with Gasteiger partial charge in [-0.1, -0.05) is 6.07 Å². The molecular weight excluding hydrogens is 242 g/mol. The molecule has 2 heterocycles. The van der Waals surface area contributed by atoms with Gasteiger partial charge in [0.05, 0.1) is 12.2 Å². The highest BCUT2D eigenvalue weighted by Gasteiger charge is 2.22. The zero-order valence-corrected chi connectivity index (χ0v) is 10.6. The molecule has 2 rings (SSSR count). The summed E-state index contributed by atoms with van der Waals surface area (Å²) in [5.41, 5.74) is 6.51. The number of pyridine rings is 1. The highest BCUT2D eigenvalue weighted by molar-refractivity contribution is 5.82. The molecule has 0 spiro atoms. The summed E-state index contributed by atoms with van der Waals surface area (Å²) in [6, 6.07) is 7.32. The first kappa shape index (κ1) is 13.3. The molecule has 2 aromatic rings. The number of aromatic nitrogens is 1. The van der Waals surface area contributed by atoms with E-state index in [0.717, 1.165) is 5.56 Å². The van der Waals surface area contributed by atoms with E-state index in [-0.39, 0.29) is 11.8 Å². The van der Waals surface area contributed by atoms with Gasteiger partial charge in [-0.3, -0.25) is 9.78 Å². The Hall–Kier alpha value is -2.14. The molecule has 1 atom stereocenters. The average Bonchev–Trinajstić information content (AvgIpc) is 2.97. The third-order valence-electron chi connectivity index (χ3n) is 2.85. The molecule has 100 valence electrons. The number of furan rings is 1. The van der Waals surface area contributed by atoms with Crippen LogP contribution in [0.4, 0.5) is 0 Å². The van der Waals surface area contributed by atoms with Gasteiger partial charge in [0.1, 0.15) is 5.76 Å². The van der Waals surface area contributed by atoms with Crippen LogP contribution in [0.1, 0.15) is 23.7 Å². The number of hydrogen-bond donors (Lipinski definition) is 2. The Morgan fingerprint density at radius 1 is 1.42 bits per heavy atom. The normalized spacial score (nSPS) is 12.1. The van der Waals surface area contributed by atoms with Crippen molar-refractivity contribution in [2.75, 3.05) is 6.54 Å². The lowest BCUT2D eigenvalue weighted by atomic mass is 10.0. The van der Waals surface area contributed by atoms with Gasteiger partial charge in [0.15, 0.2) is 0 Å². The largest absolute Gasteiger partial charge is 0.469 e. The Bertz CT molecular complexity index is 497. The fraction of sp³-hybridized carbons (Fsp3) is 0.286. The second kappa shape index (κ2) is 6.70. The van der Waals surface area contributed by atoms with Crippen LogP contribution in [0.5, 0.6) is 0 Å². The SMILES string of the molecule is NCCC(C(=O)NCc1cccnc1)c1ccco1. The monoisotopic (exact) mass is 259 g/mol. The lowest BCUT2D eigenvalue weighted by Gasteiger charge is -2.13. The Morgan fingerprint density at radius 2 is 2.32 bits per heavy atom. The van der Waals surface area contributed by atoms with Crippen LogP contribution in [0.25, 0.3) is 0 Å². The van der Waals surface area contributed by atoms with Crippen LogP contribution in [0.15, 0.2) is 47.3 Å². The predicted octanol–water partition coefficient (Wildman–Crippen LogP) is 1.42. The summed E-state index contributed by atoms with van der Waals surface area (Å²) in [6.45, 7) is 0.889. The van der Waals surface area contributed by atoms with Crippen LogP contribution >= 0.6 is 0 Å². The van der Waals surface area contributed by atoms with Gasteiger partial charge in [-0.15, -0.1) is 0 Å². The van der Waals surface area contributed by atoms with E-state index in [0.29, 0.717) is 25.3 Å². The molecule has 5 nitrogen and oxygen atoms in total. The predicted molar refractivity (Wildman–Crippen MR) is 71.2 cm³/mol. The summed E-state index contributed by atoms with van der Waals surface area (Å²) < 4.78 is 5.29. The highest BCUT2D eigenvalue weighted by Crippen LogP contribution is 2.19. The van der Waals surface area contributed by atoms with Crippen LogP contribution in [0.2, 0.25) is 0 Å². The van der Waals surface area contributed by atoms with Gasteiger partial charge < -0.3 is 15.5 Å². The Morgan fingerprint density at radius 3 is 2.95 bits per heavy atom. The maximum atomic E-state index is 12.2. The van der Waals surface area contributed by atoms with Gasteiger partial charge in [0.25, 0.3) is 0 Å². The average molecular weight is 259 g/mol. The number of amides is 1. The second-order valence-electron chi connectivity index (χ2n) is 4.22. The molecule has 0 aliphatic rings. The van der Waals surface area contributed by atoms with Crippen molar-refractivity contribution in [3.63, 3.8) is 0 Å². The van der Waals surface area contributed by atoms with Gasteiger partial charge in [-0.05, 0) is 36.7 Å². The van der Waals surface area contributed by atoms with Crippen LogP contribution in [-0.4, -0.2) is 17.4 Å². The number of rotatable bonds is 6. The zero-order chi connectivity index (χ0) is 13.5. The van der Waals surface area contributed by atoms with Gasteiger partial charge in [-0.2, -0.15) is 0 Å². The minimum Gasteiger partial charge on any atom is -0.469 e. The molecule has 0 bridgehead atoms. The first-order valence-corrected chi connectivity index (χ1v) is 6.21. The van der Waals surface area contributed by atoms with Crippen LogP contribution in [0, 0.1) is 0 Å². The number of nitrogens with zero attached hydrogens (tertiary/aromatic N) is 1. The van der Waals surface area contributed by atoms with Gasteiger partial charge in [-0.25, -0.2) is 0 Å². The quantitative estimate of drug-likeness (QED) is 0.822. The Labute approximate surface area is 111 Å². The maximum absolute atomic E-state index is 12.2. The molecule has 0 saturated carbocycles. The summed E-state index contributed by atoms with van der Waals surface area (Å²) >= 11 is 0. The topological polar surface area (TPSA) is 81.2 Å². The van der Waals surface area contributed by atoms with E-state index in [2.05, 4.69) is 10.3 Å². The molecule has 0 fully saturated rings. The molecule has 0 aliphatic heterocycles. The molecule has 0 aromatic carbocycles. The first-order valence-electron chi connectivity index (χ1n) is 6.21. The molecule has 3 N–H and O–H groups in total. The number of carbonyl (C=O) groups excluding carboxylic acids is 1. The van der Waals surface area contributed by atoms with Crippen molar-refractivity contribution in [1.29, 1.82) is 0 Å². The zero-order valence-electron chi connectivity index (χ0n) is 10.6. The van der Waals surface area contributed by atoms with E-state index in [1.54, 1.807) is 30.8 Å². The standard InChI is InChI=1S/C14H17N3O2/c15-6-5-12(13-4-2-8-19-13)14(18)17-10-11-3-1-7-16-9-11/h1-4,7-9,12H,5-6,10,15H2,(H,17,18). The summed E-state index contributed by atoms with van der Waals surface area (Å²) in [5.74, 6) is 0.232. The molecule has 2 aromatic heterocycles. The van der Waals surface area contributed by atoms with Crippen molar-refractivity contribution >= 4 is 5.91 Å². The van der Waals surface area contributed by atoms with Crippen LogP contribution < -0.4 is 11.1 Å². The Balaban J connectivity index is 1.97. The summed E-state index contributed by atoms with van der Waals surface area (Å²) in [7, 11) is 0. The number of hydrogen-bond acceptors (Lipinski definition) is 4. The van der Waals surface area contributed by atoms with Crippen LogP contribution in [-0.2, 0) is 11.3 Å². The highest BCUT2D eigenvalue weighted by atomic mass is 16.3. The molecule has 0 radical (unpaired) electrons.